The highest BCUT2D eigenvalue weighted by Gasteiger charge is 2.08. The molecule has 1 aromatic heterocycles. The van der Waals surface area contributed by atoms with E-state index >= 15 is 0 Å². The minimum atomic E-state index is 0.646. The summed E-state index contributed by atoms with van der Waals surface area (Å²) >= 11 is 0. The summed E-state index contributed by atoms with van der Waals surface area (Å²) in [6.45, 7) is 2.66. The van der Waals surface area contributed by atoms with E-state index < -0.39 is 0 Å². The number of aromatic nitrogens is 1. The standard InChI is InChI=1S/C15H14N4/c1-11-13(7-15(9-17)19(11)2)10-18-14-5-3-12(8-16)4-6-14/h3-7,18H,10H2,1-2H3. The topological polar surface area (TPSA) is 64.5 Å². The molecule has 0 aliphatic heterocycles. The Kier molecular flexibility index (Phi) is 3.54. The van der Waals surface area contributed by atoms with Gasteiger partial charge in [-0.3, -0.25) is 0 Å². The summed E-state index contributed by atoms with van der Waals surface area (Å²) in [6.07, 6.45) is 0. The molecule has 2 aromatic rings. The Labute approximate surface area is 112 Å². The predicted molar refractivity (Wildman–Crippen MR) is 73.3 cm³/mol. The van der Waals surface area contributed by atoms with E-state index in [0.717, 1.165) is 16.9 Å². The van der Waals surface area contributed by atoms with Crippen molar-refractivity contribution in [2.45, 2.75) is 13.5 Å². The third-order valence-corrected chi connectivity index (χ3v) is 3.25. The number of anilines is 1. The van der Waals surface area contributed by atoms with Gasteiger partial charge in [0.25, 0.3) is 0 Å². The molecule has 4 nitrogen and oxygen atoms in total. The molecule has 4 heteroatoms. The first-order valence-electron chi connectivity index (χ1n) is 5.95. The number of benzene rings is 1. The van der Waals surface area contributed by atoms with Gasteiger partial charge in [0, 0.05) is 25.0 Å². The fraction of sp³-hybridized carbons (Fsp3) is 0.200. The molecule has 1 aromatic carbocycles. The first-order valence-corrected chi connectivity index (χ1v) is 5.95. The second kappa shape index (κ2) is 5.29. The first kappa shape index (κ1) is 12.7. The van der Waals surface area contributed by atoms with Crippen LogP contribution in [0.15, 0.2) is 30.3 Å². The van der Waals surface area contributed by atoms with E-state index in [1.807, 2.05) is 36.7 Å². The quantitative estimate of drug-likeness (QED) is 0.910. The monoisotopic (exact) mass is 250 g/mol. The molecule has 0 spiro atoms. The van der Waals surface area contributed by atoms with Crippen LogP contribution < -0.4 is 5.32 Å². The van der Waals surface area contributed by atoms with Crippen LogP contribution in [0.5, 0.6) is 0 Å². The molecule has 0 atom stereocenters. The van der Waals surface area contributed by atoms with Gasteiger partial charge in [0.05, 0.1) is 11.6 Å². The number of nitriles is 2. The minimum absolute atomic E-state index is 0.646. The zero-order chi connectivity index (χ0) is 13.8. The van der Waals surface area contributed by atoms with Crippen molar-refractivity contribution in [3.05, 3.63) is 52.8 Å². The van der Waals surface area contributed by atoms with Crippen LogP contribution in [-0.4, -0.2) is 4.57 Å². The predicted octanol–water partition coefficient (Wildman–Crippen LogP) is 2.69. The Morgan fingerprint density at radius 3 is 2.37 bits per heavy atom. The lowest BCUT2D eigenvalue weighted by molar-refractivity contribution is 0.856. The number of nitrogens with one attached hydrogen (secondary N) is 1. The molecule has 0 radical (unpaired) electrons. The molecule has 0 bridgehead atoms. The summed E-state index contributed by atoms with van der Waals surface area (Å²) in [7, 11) is 1.89. The molecule has 0 saturated heterocycles. The average Bonchev–Trinajstić information content (AvgIpc) is 2.73. The summed E-state index contributed by atoms with van der Waals surface area (Å²) in [5, 5.41) is 21.0. The van der Waals surface area contributed by atoms with E-state index in [1.54, 1.807) is 12.1 Å². The molecule has 0 aliphatic carbocycles. The fourth-order valence-corrected chi connectivity index (χ4v) is 1.91. The van der Waals surface area contributed by atoms with Crippen LogP contribution in [0.3, 0.4) is 0 Å². The lowest BCUT2D eigenvalue weighted by atomic mass is 10.2. The summed E-state index contributed by atoms with van der Waals surface area (Å²) in [6, 6.07) is 13.5. The van der Waals surface area contributed by atoms with Crippen LogP contribution in [0.1, 0.15) is 22.5 Å². The van der Waals surface area contributed by atoms with Crippen molar-refractivity contribution in [1.29, 1.82) is 10.5 Å². The zero-order valence-corrected chi connectivity index (χ0v) is 10.9. The van der Waals surface area contributed by atoms with Gasteiger partial charge in [-0.25, -0.2) is 0 Å². The van der Waals surface area contributed by atoms with Crippen molar-refractivity contribution in [2.24, 2.45) is 7.05 Å². The first-order chi connectivity index (χ1) is 9.15. The third kappa shape index (κ3) is 2.59. The van der Waals surface area contributed by atoms with Crippen molar-refractivity contribution >= 4 is 5.69 Å². The number of nitrogens with zero attached hydrogens (tertiary/aromatic N) is 3. The third-order valence-electron chi connectivity index (χ3n) is 3.25. The molecule has 0 unspecified atom stereocenters. The van der Waals surface area contributed by atoms with Crippen molar-refractivity contribution in [2.75, 3.05) is 5.32 Å². The van der Waals surface area contributed by atoms with Crippen LogP contribution in [0.2, 0.25) is 0 Å². The van der Waals surface area contributed by atoms with Crippen molar-refractivity contribution in [3.63, 3.8) is 0 Å². The molecular weight excluding hydrogens is 236 g/mol. The minimum Gasteiger partial charge on any atom is -0.381 e. The SMILES string of the molecule is Cc1c(CNc2ccc(C#N)cc2)cc(C#N)n1C. The normalized spacial score (nSPS) is 9.68. The average molecular weight is 250 g/mol. The highest BCUT2D eigenvalue weighted by atomic mass is 15.0. The van der Waals surface area contributed by atoms with E-state index in [-0.39, 0.29) is 0 Å². The van der Waals surface area contributed by atoms with E-state index in [9.17, 15) is 0 Å². The van der Waals surface area contributed by atoms with Gasteiger partial charge in [0.2, 0.25) is 0 Å². The van der Waals surface area contributed by atoms with Gasteiger partial charge in [-0.2, -0.15) is 10.5 Å². The van der Waals surface area contributed by atoms with E-state index in [0.29, 0.717) is 17.8 Å². The summed E-state index contributed by atoms with van der Waals surface area (Å²) in [5.74, 6) is 0. The zero-order valence-electron chi connectivity index (χ0n) is 10.9. The Balaban J connectivity index is 2.10. The maximum Gasteiger partial charge on any atom is 0.120 e. The maximum atomic E-state index is 8.98. The lowest BCUT2D eigenvalue weighted by Gasteiger charge is -2.06. The molecule has 94 valence electrons. The highest BCUT2D eigenvalue weighted by molar-refractivity contribution is 5.48. The van der Waals surface area contributed by atoms with Gasteiger partial charge < -0.3 is 9.88 Å². The molecule has 2 rings (SSSR count). The number of rotatable bonds is 3. The van der Waals surface area contributed by atoms with Crippen molar-refractivity contribution in [3.8, 4) is 12.1 Å². The summed E-state index contributed by atoms with van der Waals surface area (Å²) in [4.78, 5) is 0. The van der Waals surface area contributed by atoms with E-state index in [1.165, 1.54) is 0 Å². The second-order valence-electron chi connectivity index (χ2n) is 4.35. The van der Waals surface area contributed by atoms with Crippen molar-refractivity contribution < 1.29 is 0 Å². The molecule has 0 saturated carbocycles. The van der Waals surface area contributed by atoms with E-state index in [4.69, 9.17) is 10.5 Å². The Morgan fingerprint density at radius 2 is 1.84 bits per heavy atom. The summed E-state index contributed by atoms with van der Waals surface area (Å²) < 4.78 is 1.88. The second-order valence-corrected chi connectivity index (χ2v) is 4.35. The maximum absolute atomic E-state index is 8.98. The number of hydrogen-bond donors (Lipinski definition) is 1. The van der Waals surface area contributed by atoms with Gasteiger partial charge in [-0.05, 0) is 42.8 Å². The fourth-order valence-electron chi connectivity index (χ4n) is 1.91. The van der Waals surface area contributed by atoms with Gasteiger partial charge in [0.15, 0.2) is 0 Å². The molecule has 1 heterocycles. The molecule has 0 fully saturated rings. The van der Waals surface area contributed by atoms with Gasteiger partial charge in [-0.1, -0.05) is 0 Å². The van der Waals surface area contributed by atoms with Crippen LogP contribution >= 0.6 is 0 Å². The highest BCUT2D eigenvalue weighted by Crippen LogP contribution is 2.16. The van der Waals surface area contributed by atoms with Gasteiger partial charge in [-0.15, -0.1) is 0 Å². The Morgan fingerprint density at radius 1 is 1.16 bits per heavy atom. The van der Waals surface area contributed by atoms with Crippen LogP contribution in [0, 0.1) is 29.6 Å². The smallest absolute Gasteiger partial charge is 0.120 e. The van der Waals surface area contributed by atoms with Gasteiger partial charge in [0.1, 0.15) is 11.8 Å². The molecule has 0 aliphatic rings. The molecular formula is C15H14N4. The Hall–Kier alpha value is -2.72. The van der Waals surface area contributed by atoms with Crippen LogP contribution in [0.4, 0.5) is 5.69 Å². The molecule has 1 N–H and O–H groups in total. The Bertz CT molecular complexity index is 666. The van der Waals surface area contributed by atoms with Crippen LogP contribution in [0.25, 0.3) is 0 Å². The molecule has 19 heavy (non-hydrogen) atoms. The molecule has 0 amide bonds. The number of hydrogen-bond acceptors (Lipinski definition) is 3. The lowest BCUT2D eigenvalue weighted by Crippen LogP contribution is -2.01. The largest absolute Gasteiger partial charge is 0.381 e. The van der Waals surface area contributed by atoms with Crippen LogP contribution in [-0.2, 0) is 13.6 Å². The van der Waals surface area contributed by atoms with Crippen molar-refractivity contribution in [1.82, 2.24) is 4.57 Å². The summed E-state index contributed by atoms with van der Waals surface area (Å²) in [5.41, 5.74) is 4.45. The van der Waals surface area contributed by atoms with E-state index in [2.05, 4.69) is 17.5 Å². The van der Waals surface area contributed by atoms with Gasteiger partial charge >= 0.3 is 0 Å².